The number of nitrogens with two attached hydrogens (primary N) is 1. The molecular weight excluding hydrogens is 174 g/mol. The molecule has 3 atom stereocenters. The molecule has 0 aromatic rings. The minimum atomic E-state index is 0.359. The van der Waals surface area contributed by atoms with Crippen LogP contribution < -0.4 is 5.73 Å². The van der Waals surface area contributed by atoms with Crippen LogP contribution in [0.5, 0.6) is 0 Å². The van der Waals surface area contributed by atoms with E-state index in [1.165, 1.54) is 19.3 Å². The van der Waals surface area contributed by atoms with Gasteiger partial charge in [0.15, 0.2) is 0 Å². The molecular formula is C12H25NO. The van der Waals surface area contributed by atoms with Crippen LogP contribution in [0.2, 0.25) is 0 Å². The van der Waals surface area contributed by atoms with Crippen molar-refractivity contribution in [2.75, 3.05) is 6.61 Å². The van der Waals surface area contributed by atoms with Gasteiger partial charge in [-0.1, -0.05) is 27.2 Å². The summed E-state index contributed by atoms with van der Waals surface area (Å²) in [6, 6.07) is 0.359. The van der Waals surface area contributed by atoms with E-state index in [9.17, 15) is 0 Å². The molecule has 14 heavy (non-hydrogen) atoms. The van der Waals surface area contributed by atoms with Crippen molar-refractivity contribution >= 4 is 0 Å². The van der Waals surface area contributed by atoms with Gasteiger partial charge in [0.2, 0.25) is 0 Å². The normalized spacial score (nSPS) is 30.6. The number of hydrogen-bond acceptors (Lipinski definition) is 2. The number of rotatable bonds is 4. The Kier molecular flexibility index (Phi) is 4.90. The van der Waals surface area contributed by atoms with E-state index >= 15 is 0 Å². The third-order valence-corrected chi connectivity index (χ3v) is 3.33. The Morgan fingerprint density at radius 2 is 2.14 bits per heavy atom. The Bertz CT molecular complexity index is 156. The van der Waals surface area contributed by atoms with E-state index in [-0.39, 0.29) is 0 Å². The molecule has 0 spiro atoms. The highest BCUT2D eigenvalue weighted by Crippen LogP contribution is 2.27. The lowest BCUT2D eigenvalue weighted by Crippen LogP contribution is -2.40. The lowest BCUT2D eigenvalue weighted by atomic mass is 9.83. The Labute approximate surface area is 88.2 Å². The van der Waals surface area contributed by atoms with Crippen LogP contribution >= 0.6 is 0 Å². The summed E-state index contributed by atoms with van der Waals surface area (Å²) in [7, 11) is 0. The van der Waals surface area contributed by atoms with Gasteiger partial charge in [-0.25, -0.2) is 0 Å². The van der Waals surface area contributed by atoms with Crippen molar-refractivity contribution in [3.05, 3.63) is 0 Å². The monoisotopic (exact) mass is 199 g/mol. The van der Waals surface area contributed by atoms with Gasteiger partial charge in [-0.3, -0.25) is 0 Å². The van der Waals surface area contributed by atoms with Crippen molar-refractivity contribution in [2.45, 2.75) is 58.6 Å². The topological polar surface area (TPSA) is 35.2 Å². The molecule has 0 saturated carbocycles. The molecule has 1 rings (SSSR count). The van der Waals surface area contributed by atoms with Crippen LogP contribution in [0, 0.1) is 11.8 Å². The third kappa shape index (κ3) is 3.25. The first-order chi connectivity index (χ1) is 6.65. The SMILES string of the molecule is CCCC1CC(C(N)C(C)C)CCO1. The fourth-order valence-electron chi connectivity index (χ4n) is 2.33. The van der Waals surface area contributed by atoms with E-state index in [1.807, 2.05) is 0 Å². The maximum atomic E-state index is 6.19. The van der Waals surface area contributed by atoms with Crippen LogP contribution in [-0.2, 0) is 4.74 Å². The lowest BCUT2D eigenvalue weighted by Gasteiger charge is -2.34. The average molecular weight is 199 g/mol. The van der Waals surface area contributed by atoms with Crippen LogP contribution in [0.3, 0.4) is 0 Å². The van der Waals surface area contributed by atoms with Gasteiger partial charge in [-0.05, 0) is 31.1 Å². The standard InChI is InChI=1S/C12H25NO/c1-4-5-11-8-10(6-7-14-11)12(13)9(2)3/h9-12H,4-8,13H2,1-3H3. The summed E-state index contributed by atoms with van der Waals surface area (Å²) in [5.41, 5.74) is 6.19. The fraction of sp³-hybridized carbons (Fsp3) is 1.00. The van der Waals surface area contributed by atoms with Crippen molar-refractivity contribution in [3.63, 3.8) is 0 Å². The quantitative estimate of drug-likeness (QED) is 0.755. The van der Waals surface area contributed by atoms with Crippen LogP contribution in [0.15, 0.2) is 0 Å². The van der Waals surface area contributed by atoms with Crippen LogP contribution in [0.4, 0.5) is 0 Å². The molecule has 0 amide bonds. The predicted octanol–water partition coefficient (Wildman–Crippen LogP) is 2.57. The molecule has 1 heterocycles. The molecule has 1 aliphatic rings. The highest BCUT2D eigenvalue weighted by atomic mass is 16.5. The van der Waals surface area contributed by atoms with E-state index in [1.54, 1.807) is 0 Å². The van der Waals surface area contributed by atoms with Crippen molar-refractivity contribution < 1.29 is 4.74 Å². The van der Waals surface area contributed by atoms with Gasteiger partial charge in [-0.15, -0.1) is 0 Å². The van der Waals surface area contributed by atoms with Crippen LogP contribution in [0.1, 0.15) is 46.5 Å². The first-order valence-corrected chi connectivity index (χ1v) is 6.02. The van der Waals surface area contributed by atoms with E-state index in [2.05, 4.69) is 20.8 Å². The summed E-state index contributed by atoms with van der Waals surface area (Å²) in [6.07, 6.45) is 5.21. The molecule has 2 heteroatoms. The summed E-state index contributed by atoms with van der Waals surface area (Å²) in [4.78, 5) is 0. The van der Waals surface area contributed by atoms with Gasteiger partial charge in [0, 0.05) is 12.6 Å². The molecule has 84 valence electrons. The Balaban J connectivity index is 2.39. The highest BCUT2D eigenvalue weighted by Gasteiger charge is 2.27. The summed E-state index contributed by atoms with van der Waals surface area (Å²) in [5, 5.41) is 0. The molecule has 3 unspecified atom stereocenters. The minimum Gasteiger partial charge on any atom is -0.378 e. The molecule has 0 bridgehead atoms. The van der Waals surface area contributed by atoms with Gasteiger partial charge in [0.05, 0.1) is 6.10 Å². The summed E-state index contributed by atoms with van der Waals surface area (Å²) < 4.78 is 5.72. The summed E-state index contributed by atoms with van der Waals surface area (Å²) in [5.74, 6) is 1.28. The Morgan fingerprint density at radius 3 is 2.71 bits per heavy atom. The number of ether oxygens (including phenoxy) is 1. The van der Waals surface area contributed by atoms with Crippen LogP contribution in [-0.4, -0.2) is 18.8 Å². The fourth-order valence-corrected chi connectivity index (χ4v) is 2.33. The van der Waals surface area contributed by atoms with Gasteiger partial charge in [-0.2, -0.15) is 0 Å². The molecule has 1 fully saturated rings. The second kappa shape index (κ2) is 5.72. The molecule has 0 aromatic heterocycles. The molecule has 1 saturated heterocycles. The highest BCUT2D eigenvalue weighted by molar-refractivity contribution is 4.81. The molecule has 0 aliphatic carbocycles. The zero-order valence-corrected chi connectivity index (χ0v) is 9.83. The molecule has 0 radical (unpaired) electrons. The van der Waals surface area contributed by atoms with Crippen molar-refractivity contribution in [3.8, 4) is 0 Å². The Hall–Kier alpha value is -0.0800. The maximum Gasteiger partial charge on any atom is 0.0578 e. The second-order valence-electron chi connectivity index (χ2n) is 4.89. The number of hydrogen-bond donors (Lipinski definition) is 1. The van der Waals surface area contributed by atoms with Gasteiger partial charge >= 0.3 is 0 Å². The van der Waals surface area contributed by atoms with Crippen LogP contribution in [0.25, 0.3) is 0 Å². The summed E-state index contributed by atoms with van der Waals surface area (Å²) in [6.45, 7) is 7.56. The molecule has 1 aliphatic heterocycles. The van der Waals surface area contributed by atoms with E-state index < -0.39 is 0 Å². The lowest BCUT2D eigenvalue weighted by molar-refractivity contribution is -0.0217. The Morgan fingerprint density at radius 1 is 1.43 bits per heavy atom. The second-order valence-corrected chi connectivity index (χ2v) is 4.89. The van der Waals surface area contributed by atoms with E-state index in [0.717, 1.165) is 13.0 Å². The largest absolute Gasteiger partial charge is 0.378 e. The van der Waals surface area contributed by atoms with E-state index in [0.29, 0.717) is 24.0 Å². The first kappa shape index (κ1) is 12.0. The first-order valence-electron chi connectivity index (χ1n) is 6.02. The maximum absolute atomic E-state index is 6.19. The van der Waals surface area contributed by atoms with Crippen molar-refractivity contribution in [1.29, 1.82) is 0 Å². The van der Waals surface area contributed by atoms with Crippen molar-refractivity contribution in [1.82, 2.24) is 0 Å². The average Bonchev–Trinajstić information content (AvgIpc) is 2.17. The zero-order valence-electron chi connectivity index (χ0n) is 9.83. The summed E-state index contributed by atoms with van der Waals surface area (Å²) >= 11 is 0. The smallest absolute Gasteiger partial charge is 0.0578 e. The van der Waals surface area contributed by atoms with Gasteiger partial charge in [0.1, 0.15) is 0 Å². The molecule has 2 nitrogen and oxygen atoms in total. The molecule has 0 aromatic carbocycles. The van der Waals surface area contributed by atoms with Gasteiger partial charge in [0.25, 0.3) is 0 Å². The predicted molar refractivity (Wildman–Crippen MR) is 60.2 cm³/mol. The third-order valence-electron chi connectivity index (χ3n) is 3.33. The zero-order chi connectivity index (χ0) is 10.6. The minimum absolute atomic E-state index is 0.359. The molecule has 2 N–H and O–H groups in total. The van der Waals surface area contributed by atoms with Crippen molar-refractivity contribution in [2.24, 2.45) is 17.6 Å². The van der Waals surface area contributed by atoms with Gasteiger partial charge < -0.3 is 10.5 Å². The van der Waals surface area contributed by atoms with E-state index in [4.69, 9.17) is 10.5 Å².